The van der Waals surface area contributed by atoms with Crippen molar-refractivity contribution >= 4 is 22.7 Å². The molecule has 3 heterocycles. The van der Waals surface area contributed by atoms with E-state index >= 15 is 0 Å². The van der Waals surface area contributed by atoms with Gasteiger partial charge in [0.2, 0.25) is 5.91 Å². The smallest absolute Gasteiger partial charge is 0.271 e. The number of aromatic nitrogens is 2. The van der Waals surface area contributed by atoms with Crippen molar-refractivity contribution in [3.63, 3.8) is 0 Å². The van der Waals surface area contributed by atoms with E-state index in [0.29, 0.717) is 41.7 Å². The highest BCUT2D eigenvalue weighted by molar-refractivity contribution is 6.03. The van der Waals surface area contributed by atoms with Gasteiger partial charge in [-0.25, -0.2) is 4.39 Å². The van der Waals surface area contributed by atoms with Gasteiger partial charge in [-0.05, 0) is 53.4 Å². The second-order valence-electron chi connectivity index (χ2n) is 8.26. The van der Waals surface area contributed by atoms with Crippen LogP contribution in [0.3, 0.4) is 0 Å². The SMILES string of the molecule is Cc1c(C(=O)N2CCNC(=O)[C@H]2Cc2ccc(-c3cccnc3)cc2)[nH]c2ccc(F)cc12. The number of benzene rings is 2. The average molecular weight is 442 g/mol. The predicted octanol–water partition coefficient (Wildman–Crippen LogP) is 3.86. The summed E-state index contributed by atoms with van der Waals surface area (Å²) in [5.74, 6) is -0.782. The van der Waals surface area contributed by atoms with Crippen LogP contribution in [0.15, 0.2) is 67.0 Å². The van der Waals surface area contributed by atoms with Crippen LogP contribution in [0.5, 0.6) is 0 Å². The Morgan fingerprint density at radius 3 is 2.73 bits per heavy atom. The zero-order valence-corrected chi connectivity index (χ0v) is 18.1. The number of piperazine rings is 1. The molecule has 0 bridgehead atoms. The molecule has 1 saturated heterocycles. The van der Waals surface area contributed by atoms with Crippen molar-refractivity contribution in [3.05, 3.63) is 89.6 Å². The summed E-state index contributed by atoms with van der Waals surface area (Å²) in [5.41, 5.74) is 4.78. The molecule has 1 aliphatic rings. The van der Waals surface area contributed by atoms with Gasteiger partial charge < -0.3 is 15.2 Å². The molecule has 0 radical (unpaired) electrons. The standard InChI is InChI=1S/C26H23FN4O2/c1-16-21-14-20(27)8-9-22(21)30-24(16)26(33)31-12-11-29-25(32)23(31)13-17-4-6-18(7-5-17)19-3-2-10-28-15-19/h2-10,14-15,23,30H,11-13H2,1H3,(H,29,32)/t23-/m1/s1. The van der Waals surface area contributed by atoms with Crippen molar-refractivity contribution in [1.82, 2.24) is 20.2 Å². The number of amides is 2. The van der Waals surface area contributed by atoms with Crippen molar-refractivity contribution in [2.24, 2.45) is 0 Å². The van der Waals surface area contributed by atoms with Crippen LogP contribution in [0.4, 0.5) is 4.39 Å². The first kappa shape index (κ1) is 20.9. The van der Waals surface area contributed by atoms with Gasteiger partial charge in [0.05, 0.1) is 0 Å². The van der Waals surface area contributed by atoms with Crippen LogP contribution in [0.2, 0.25) is 0 Å². The molecule has 6 nitrogen and oxygen atoms in total. The first-order valence-electron chi connectivity index (χ1n) is 10.9. The van der Waals surface area contributed by atoms with E-state index < -0.39 is 6.04 Å². The Balaban J connectivity index is 1.41. The number of aryl methyl sites for hydroxylation is 1. The molecule has 33 heavy (non-hydrogen) atoms. The lowest BCUT2D eigenvalue weighted by Crippen LogP contribution is -2.58. The molecule has 4 aromatic rings. The molecule has 1 aliphatic heterocycles. The molecule has 0 saturated carbocycles. The molecule has 2 aromatic heterocycles. The average Bonchev–Trinajstić information content (AvgIpc) is 3.16. The molecule has 0 unspecified atom stereocenters. The van der Waals surface area contributed by atoms with Gasteiger partial charge in [-0.1, -0.05) is 30.3 Å². The maximum Gasteiger partial charge on any atom is 0.271 e. The fourth-order valence-corrected chi connectivity index (χ4v) is 4.41. The van der Waals surface area contributed by atoms with Gasteiger partial charge in [0.1, 0.15) is 17.6 Å². The van der Waals surface area contributed by atoms with Crippen LogP contribution in [0.25, 0.3) is 22.0 Å². The van der Waals surface area contributed by atoms with Crippen LogP contribution in [-0.4, -0.2) is 45.8 Å². The zero-order valence-electron chi connectivity index (χ0n) is 18.1. The fourth-order valence-electron chi connectivity index (χ4n) is 4.41. The minimum atomic E-state index is -0.627. The van der Waals surface area contributed by atoms with Gasteiger partial charge >= 0.3 is 0 Å². The largest absolute Gasteiger partial charge is 0.353 e. The lowest BCUT2D eigenvalue weighted by atomic mass is 9.99. The van der Waals surface area contributed by atoms with E-state index in [0.717, 1.165) is 16.7 Å². The molecule has 2 amide bonds. The van der Waals surface area contributed by atoms with E-state index in [1.54, 1.807) is 30.3 Å². The van der Waals surface area contributed by atoms with Crippen molar-refractivity contribution in [2.75, 3.05) is 13.1 Å². The monoisotopic (exact) mass is 442 g/mol. The van der Waals surface area contributed by atoms with Gasteiger partial charge in [-0.2, -0.15) is 0 Å². The summed E-state index contributed by atoms with van der Waals surface area (Å²) in [6, 6.07) is 15.6. The molecule has 0 aliphatic carbocycles. The van der Waals surface area contributed by atoms with E-state index in [4.69, 9.17) is 0 Å². The molecule has 166 valence electrons. The van der Waals surface area contributed by atoms with Crippen molar-refractivity contribution in [1.29, 1.82) is 0 Å². The van der Waals surface area contributed by atoms with Gasteiger partial charge in [0.15, 0.2) is 0 Å². The summed E-state index contributed by atoms with van der Waals surface area (Å²) in [4.78, 5) is 35.1. The second-order valence-corrected chi connectivity index (χ2v) is 8.26. The van der Waals surface area contributed by atoms with Crippen LogP contribution < -0.4 is 5.32 Å². The summed E-state index contributed by atoms with van der Waals surface area (Å²) in [6.45, 7) is 2.60. The summed E-state index contributed by atoms with van der Waals surface area (Å²) >= 11 is 0. The van der Waals surface area contributed by atoms with E-state index in [1.807, 2.05) is 36.4 Å². The quantitative estimate of drug-likeness (QED) is 0.504. The van der Waals surface area contributed by atoms with E-state index in [-0.39, 0.29) is 17.6 Å². The third-order valence-electron chi connectivity index (χ3n) is 6.20. The highest BCUT2D eigenvalue weighted by Gasteiger charge is 2.35. The van der Waals surface area contributed by atoms with Gasteiger partial charge in [0, 0.05) is 42.8 Å². The number of nitrogens with one attached hydrogen (secondary N) is 2. The third kappa shape index (κ3) is 3.98. The molecule has 0 spiro atoms. The first-order chi connectivity index (χ1) is 16.0. The number of pyridine rings is 1. The number of carbonyl (C=O) groups excluding carboxylic acids is 2. The molecule has 1 fully saturated rings. The predicted molar refractivity (Wildman–Crippen MR) is 124 cm³/mol. The van der Waals surface area contributed by atoms with Gasteiger partial charge in [-0.15, -0.1) is 0 Å². The Bertz CT molecular complexity index is 1330. The minimum absolute atomic E-state index is 0.175. The van der Waals surface area contributed by atoms with Crippen molar-refractivity contribution < 1.29 is 14.0 Å². The minimum Gasteiger partial charge on any atom is -0.353 e. The highest BCUT2D eigenvalue weighted by atomic mass is 19.1. The molecule has 7 heteroatoms. The zero-order chi connectivity index (χ0) is 22.9. The summed E-state index contributed by atoms with van der Waals surface area (Å²) < 4.78 is 13.7. The highest BCUT2D eigenvalue weighted by Crippen LogP contribution is 2.26. The topological polar surface area (TPSA) is 78.1 Å². The number of rotatable bonds is 4. The van der Waals surface area contributed by atoms with E-state index in [2.05, 4.69) is 15.3 Å². The summed E-state index contributed by atoms with van der Waals surface area (Å²) in [5, 5.41) is 3.54. The van der Waals surface area contributed by atoms with Crippen molar-refractivity contribution in [2.45, 2.75) is 19.4 Å². The Labute approximate surface area is 190 Å². The summed E-state index contributed by atoms with van der Waals surface area (Å²) in [7, 11) is 0. The van der Waals surface area contributed by atoms with Gasteiger partial charge in [-0.3, -0.25) is 14.6 Å². The number of nitrogens with zero attached hydrogens (tertiary/aromatic N) is 2. The molecule has 1 atom stereocenters. The lowest BCUT2D eigenvalue weighted by Gasteiger charge is -2.35. The number of halogens is 1. The second kappa shape index (κ2) is 8.50. The van der Waals surface area contributed by atoms with Crippen LogP contribution >= 0.6 is 0 Å². The summed E-state index contributed by atoms with van der Waals surface area (Å²) in [6.07, 6.45) is 3.94. The first-order valence-corrected chi connectivity index (χ1v) is 10.9. The molecular formula is C26H23FN4O2. The Kier molecular flexibility index (Phi) is 5.38. The number of H-pyrrole nitrogens is 1. The van der Waals surface area contributed by atoms with E-state index in [1.165, 1.54) is 12.1 Å². The normalized spacial score (nSPS) is 16.1. The Morgan fingerprint density at radius 1 is 1.15 bits per heavy atom. The lowest BCUT2D eigenvalue weighted by molar-refractivity contribution is -0.127. The van der Waals surface area contributed by atoms with Crippen LogP contribution in [-0.2, 0) is 11.2 Å². The molecular weight excluding hydrogens is 419 g/mol. The fraction of sp³-hybridized carbons (Fsp3) is 0.192. The number of carbonyl (C=O) groups is 2. The Hall–Kier alpha value is -4.00. The number of aromatic amines is 1. The molecule has 2 aromatic carbocycles. The van der Waals surface area contributed by atoms with E-state index in [9.17, 15) is 14.0 Å². The maximum absolute atomic E-state index is 13.7. The number of hydrogen-bond donors (Lipinski definition) is 2. The van der Waals surface area contributed by atoms with Crippen molar-refractivity contribution in [3.8, 4) is 11.1 Å². The number of fused-ring (bicyclic) bond motifs is 1. The van der Waals surface area contributed by atoms with Crippen LogP contribution in [0.1, 0.15) is 21.6 Å². The maximum atomic E-state index is 13.7. The van der Waals surface area contributed by atoms with Gasteiger partial charge in [0.25, 0.3) is 5.91 Å². The molecule has 5 rings (SSSR count). The Morgan fingerprint density at radius 2 is 1.97 bits per heavy atom. The third-order valence-corrected chi connectivity index (χ3v) is 6.20. The number of hydrogen-bond acceptors (Lipinski definition) is 3. The van der Waals surface area contributed by atoms with Crippen LogP contribution in [0, 0.1) is 12.7 Å². The molecule has 2 N–H and O–H groups in total.